The molecule has 0 aromatic carbocycles. The van der Waals surface area contributed by atoms with E-state index in [1.54, 1.807) is 0 Å². The van der Waals surface area contributed by atoms with Gasteiger partial charge in [-0.15, -0.1) is 0 Å². The van der Waals surface area contributed by atoms with Crippen LogP contribution in [0, 0.1) is 0 Å². The van der Waals surface area contributed by atoms with E-state index in [4.69, 9.17) is 5.84 Å². The van der Waals surface area contributed by atoms with Crippen LogP contribution in [-0.4, -0.2) is 27.2 Å². The molecule has 1 saturated carbocycles. The van der Waals surface area contributed by atoms with Gasteiger partial charge in [0, 0.05) is 5.56 Å². The van der Waals surface area contributed by atoms with Crippen LogP contribution in [0.5, 0.6) is 0 Å². The molecule has 0 unspecified atom stereocenters. The van der Waals surface area contributed by atoms with Gasteiger partial charge >= 0.3 is 0 Å². The van der Waals surface area contributed by atoms with Crippen molar-refractivity contribution in [3.63, 3.8) is 0 Å². The Labute approximate surface area is 113 Å². The van der Waals surface area contributed by atoms with Crippen LogP contribution in [0.25, 0.3) is 0 Å². The van der Waals surface area contributed by atoms with Crippen molar-refractivity contribution in [2.75, 3.05) is 17.3 Å². The number of hydrazine groups is 1. The third kappa shape index (κ3) is 2.96. The summed E-state index contributed by atoms with van der Waals surface area (Å²) in [6.45, 7) is 2.24. The molecule has 1 aliphatic rings. The molecule has 6 heteroatoms. The lowest BCUT2D eigenvalue weighted by Gasteiger charge is -2.29. The highest BCUT2D eigenvalue weighted by Crippen LogP contribution is 2.34. The molecule has 5 N–H and O–H groups in total. The standard InChI is InChI=1S/C13H23N5O/c1-2-5-10-11(15-9-16-12(10)18-14)17-13(8-19)6-3-4-7-13/h9,19H,2-8,14H2,1H3,(H2,15,16,17,18). The first-order valence-corrected chi connectivity index (χ1v) is 6.94. The molecule has 0 aliphatic heterocycles. The Kier molecular flexibility index (Phi) is 4.55. The normalized spacial score (nSPS) is 17.4. The highest BCUT2D eigenvalue weighted by atomic mass is 16.3. The lowest BCUT2D eigenvalue weighted by atomic mass is 9.98. The summed E-state index contributed by atoms with van der Waals surface area (Å²) in [6, 6.07) is 0. The fourth-order valence-electron chi connectivity index (χ4n) is 2.76. The largest absolute Gasteiger partial charge is 0.394 e. The third-order valence-electron chi connectivity index (χ3n) is 3.83. The van der Waals surface area contributed by atoms with Crippen molar-refractivity contribution >= 4 is 11.6 Å². The van der Waals surface area contributed by atoms with Crippen molar-refractivity contribution in [1.29, 1.82) is 0 Å². The average Bonchev–Trinajstić information content (AvgIpc) is 2.90. The van der Waals surface area contributed by atoms with Crippen molar-refractivity contribution in [1.82, 2.24) is 9.97 Å². The molecule has 1 aromatic rings. The fraction of sp³-hybridized carbons (Fsp3) is 0.692. The molecule has 0 saturated heterocycles. The number of nitrogens with one attached hydrogen (secondary N) is 2. The molecule has 0 spiro atoms. The maximum absolute atomic E-state index is 9.68. The molecule has 1 fully saturated rings. The van der Waals surface area contributed by atoms with Crippen LogP contribution in [0.2, 0.25) is 0 Å². The number of anilines is 2. The van der Waals surface area contributed by atoms with E-state index in [0.717, 1.165) is 49.9 Å². The number of aromatic nitrogens is 2. The summed E-state index contributed by atoms with van der Waals surface area (Å²) >= 11 is 0. The highest BCUT2D eigenvalue weighted by molar-refractivity contribution is 5.58. The van der Waals surface area contributed by atoms with Gasteiger partial charge in [-0.05, 0) is 19.3 Å². The molecular formula is C13H23N5O. The molecule has 6 nitrogen and oxygen atoms in total. The zero-order valence-corrected chi connectivity index (χ0v) is 11.4. The first-order chi connectivity index (χ1) is 9.24. The first-order valence-electron chi connectivity index (χ1n) is 6.94. The summed E-state index contributed by atoms with van der Waals surface area (Å²) in [4.78, 5) is 8.48. The summed E-state index contributed by atoms with van der Waals surface area (Å²) in [5, 5.41) is 13.1. The van der Waals surface area contributed by atoms with Gasteiger partial charge in [0.1, 0.15) is 18.0 Å². The second kappa shape index (κ2) is 6.16. The van der Waals surface area contributed by atoms with E-state index in [2.05, 4.69) is 27.6 Å². The fourth-order valence-corrected chi connectivity index (χ4v) is 2.76. The van der Waals surface area contributed by atoms with Crippen molar-refractivity contribution in [2.45, 2.75) is 51.0 Å². The molecule has 0 atom stereocenters. The van der Waals surface area contributed by atoms with Gasteiger partial charge in [-0.1, -0.05) is 26.2 Å². The second-order valence-electron chi connectivity index (χ2n) is 5.21. The lowest BCUT2D eigenvalue weighted by Crippen LogP contribution is -2.39. The molecule has 2 rings (SSSR count). The Balaban J connectivity index is 2.28. The molecule has 1 aromatic heterocycles. The summed E-state index contributed by atoms with van der Waals surface area (Å²) in [6.07, 6.45) is 7.58. The van der Waals surface area contributed by atoms with Crippen molar-refractivity contribution < 1.29 is 5.11 Å². The summed E-state index contributed by atoms with van der Waals surface area (Å²) in [5.41, 5.74) is 3.38. The Morgan fingerprint density at radius 3 is 2.58 bits per heavy atom. The smallest absolute Gasteiger partial charge is 0.148 e. The Hall–Kier alpha value is -1.40. The Morgan fingerprint density at radius 1 is 1.32 bits per heavy atom. The zero-order valence-electron chi connectivity index (χ0n) is 11.4. The summed E-state index contributed by atoms with van der Waals surface area (Å²) in [7, 11) is 0. The van der Waals surface area contributed by atoms with Gasteiger partial charge in [0.25, 0.3) is 0 Å². The minimum Gasteiger partial charge on any atom is -0.394 e. The van der Waals surface area contributed by atoms with E-state index in [1.807, 2.05) is 0 Å². The van der Waals surface area contributed by atoms with Crippen LogP contribution < -0.4 is 16.6 Å². The SMILES string of the molecule is CCCc1c(NN)ncnc1NC1(CO)CCCC1. The van der Waals surface area contributed by atoms with Crippen molar-refractivity contribution in [2.24, 2.45) is 5.84 Å². The molecule has 0 radical (unpaired) electrons. The quantitative estimate of drug-likeness (QED) is 0.459. The molecule has 19 heavy (non-hydrogen) atoms. The number of hydrogen-bond donors (Lipinski definition) is 4. The number of nitrogen functional groups attached to an aromatic ring is 1. The number of aliphatic hydroxyl groups is 1. The molecule has 0 bridgehead atoms. The predicted octanol–water partition coefficient (Wildman–Crippen LogP) is 1.43. The molecule has 1 aliphatic carbocycles. The lowest BCUT2D eigenvalue weighted by molar-refractivity contribution is 0.213. The van der Waals surface area contributed by atoms with Crippen LogP contribution in [0.4, 0.5) is 11.6 Å². The minimum absolute atomic E-state index is 0.133. The van der Waals surface area contributed by atoms with Crippen LogP contribution in [0.3, 0.4) is 0 Å². The molecule has 1 heterocycles. The van der Waals surface area contributed by atoms with Gasteiger partial charge in [0.2, 0.25) is 0 Å². The van der Waals surface area contributed by atoms with E-state index in [0.29, 0.717) is 5.82 Å². The highest BCUT2D eigenvalue weighted by Gasteiger charge is 2.34. The topological polar surface area (TPSA) is 96.1 Å². The van der Waals surface area contributed by atoms with Gasteiger partial charge in [0.15, 0.2) is 0 Å². The van der Waals surface area contributed by atoms with E-state index in [1.165, 1.54) is 6.33 Å². The van der Waals surface area contributed by atoms with E-state index >= 15 is 0 Å². The van der Waals surface area contributed by atoms with Gasteiger partial charge in [-0.25, -0.2) is 15.8 Å². The third-order valence-corrected chi connectivity index (χ3v) is 3.83. The number of hydrogen-bond acceptors (Lipinski definition) is 6. The monoisotopic (exact) mass is 265 g/mol. The minimum atomic E-state index is -0.233. The number of nitrogens with zero attached hydrogens (tertiary/aromatic N) is 2. The van der Waals surface area contributed by atoms with E-state index in [9.17, 15) is 5.11 Å². The van der Waals surface area contributed by atoms with Gasteiger partial charge in [-0.3, -0.25) is 0 Å². The van der Waals surface area contributed by atoms with Crippen LogP contribution in [0.15, 0.2) is 6.33 Å². The maximum atomic E-state index is 9.68. The van der Waals surface area contributed by atoms with Crippen molar-refractivity contribution in [3.05, 3.63) is 11.9 Å². The number of nitrogens with two attached hydrogens (primary N) is 1. The summed E-state index contributed by atoms with van der Waals surface area (Å²) in [5.74, 6) is 6.96. The van der Waals surface area contributed by atoms with Crippen LogP contribution in [0.1, 0.15) is 44.6 Å². The first kappa shape index (κ1) is 14.0. The maximum Gasteiger partial charge on any atom is 0.148 e. The molecular weight excluding hydrogens is 242 g/mol. The second-order valence-corrected chi connectivity index (χ2v) is 5.21. The van der Waals surface area contributed by atoms with Gasteiger partial charge < -0.3 is 15.8 Å². The molecule has 106 valence electrons. The number of aliphatic hydroxyl groups excluding tert-OH is 1. The predicted molar refractivity (Wildman–Crippen MR) is 75.7 cm³/mol. The zero-order chi connectivity index (χ0) is 13.7. The summed E-state index contributed by atoms with van der Waals surface area (Å²) < 4.78 is 0. The van der Waals surface area contributed by atoms with Gasteiger partial charge in [-0.2, -0.15) is 0 Å². The Morgan fingerprint density at radius 2 is 2.00 bits per heavy atom. The number of rotatable bonds is 6. The van der Waals surface area contributed by atoms with Crippen molar-refractivity contribution in [3.8, 4) is 0 Å². The molecule has 0 amide bonds. The van der Waals surface area contributed by atoms with Gasteiger partial charge in [0.05, 0.1) is 12.1 Å². The Bertz CT molecular complexity index is 417. The van der Waals surface area contributed by atoms with Crippen LogP contribution >= 0.6 is 0 Å². The van der Waals surface area contributed by atoms with Crippen LogP contribution in [-0.2, 0) is 6.42 Å². The average molecular weight is 265 g/mol. The van der Waals surface area contributed by atoms with E-state index in [-0.39, 0.29) is 12.1 Å². The van der Waals surface area contributed by atoms with E-state index < -0.39 is 0 Å².